The number of amides is 1. The summed E-state index contributed by atoms with van der Waals surface area (Å²) in [5, 5.41) is 22.1. The summed E-state index contributed by atoms with van der Waals surface area (Å²) in [4.78, 5) is 12.4. The first-order valence-corrected chi connectivity index (χ1v) is 8.38. The minimum absolute atomic E-state index is 0.0399. The molecule has 0 heterocycles. The number of phenolic OH excluding ortho intramolecular Hbond substituents is 1. The smallest absolute Gasteiger partial charge is 0.412 e. The van der Waals surface area contributed by atoms with Gasteiger partial charge < -0.3 is 19.7 Å². The van der Waals surface area contributed by atoms with Gasteiger partial charge in [0.2, 0.25) is 0 Å². The fraction of sp³-hybridized carbons (Fsp3) is 0.350. The van der Waals surface area contributed by atoms with Crippen molar-refractivity contribution in [3.63, 3.8) is 0 Å². The molecule has 0 aromatic heterocycles. The van der Waals surface area contributed by atoms with Crippen LogP contribution in [0.15, 0.2) is 48.5 Å². The second-order valence-electron chi connectivity index (χ2n) is 6.67. The van der Waals surface area contributed by atoms with Gasteiger partial charge in [0.15, 0.2) is 11.5 Å². The summed E-state index contributed by atoms with van der Waals surface area (Å²) in [6.07, 6.45) is -0.860. The standard InChI is InChI=1S/C20H25NO5/c1-20(2,11-12-22)18(14-9-10-17(25-3)16(23)13-14)26-19(24)21-15-7-5-4-6-8-15/h4-10,13,18,22-23H,11-12H2,1-3H3,(H,21,24)/t18-/m1/s1. The van der Waals surface area contributed by atoms with Crippen LogP contribution in [0.2, 0.25) is 0 Å². The highest BCUT2D eigenvalue weighted by molar-refractivity contribution is 5.84. The zero-order valence-corrected chi connectivity index (χ0v) is 15.2. The number of phenols is 1. The van der Waals surface area contributed by atoms with E-state index in [4.69, 9.17) is 9.47 Å². The van der Waals surface area contributed by atoms with Crippen LogP contribution in [0.4, 0.5) is 10.5 Å². The molecule has 1 atom stereocenters. The van der Waals surface area contributed by atoms with E-state index in [0.29, 0.717) is 23.4 Å². The number of aliphatic hydroxyl groups excluding tert-OH is 1. The van der Waals surface area contributed by atoms with E-state index in [-0.39, 0.29) is 12.4 Å². The summed E-state index contributed by atoms with van der Waals surface area (Å²) < 4.78 is 10.7. The lowest BCUT2D eigenvalue weighted by molar-refractivity contribution is 0.0151. The molecule has 2 rings (SSSR count). The molecule has 0 spiro atoms. The van der Waals surface area contributed by atoms with Crippen molar-refractivity contribution in [1.82, 2.24) is 0 Å². The lowest BCUT2D eigenvalue weighted by Gasteiger charge is -2.34. The third-order valence-corrected chi connectivity index (χ3v) is 4.22. The van der Waals surface area contributed by atoms with E-state index in [1.165, 1.54) is 13.2 Å². The fourth-order valence-electron chi connectivity index (χ4n) is 2.74. The van der Waals surface area contributed by atoms with E-state index < -0.39 is 17.6 Å². The van der Waals surface area contributed by atoms with Crippen molar-refractivity contribution >= 4 is 11.8 Å². The van der Waals surface area contributed by atoms with Crippen LogP contribution < -0.4 is 10.1 Å². The van der Waals surface area contributed by atoms with E-state index in [1.807, 2.05) is 32.0 Å². The van der Waals surface area contributed by atoms with Crippen LogP contribution >= 0.6 is 0 Å². The molecule has 140 valence electrons. The van der Waals surface area contributed by atoms with Gasteiger partial charge in [-0.15, -0.1) is 0 Å². The molecule has 0 aliphatic carbocycles. The van der Waals surface area contributed by atoms with Crippen LogP contribution in [-0.2, 0) is 4.74 Å². The number of para-hydroxylation sites is 1. The molecule has 3 N–H and O–H groups in total. The van der Waals surface area contributed by atoms with Crippen molar-refractivity contribution in [2.75, 3.05) is 19.0 Å². The van der Waals surface area contributed by atoms with Gasteiger partial charge in [0.05, 0.1) is 7.11 Å². The molecular formula is C20H25NO5. The van der Waals surface area contributed by atoms with E-state index in [0.717, 1.165) is 0 Å². The van der Waals surface area contributed by atoms with E-state index in [2.05, 4.69) is 5.32 Å². The van der Waals surface area contributed by atoms with Gasteiger partial charge in [0, 0.05) is 17.7 Å². The summed E-state index contributed by atoms with van der Waals surface area (Å²) in [5.41, 5.74) is 0.683. The van der Waals surface area contributed by atoms with Gasteiger partial charge in [-0.25, -0.2) is 4.79 Å². The van der Waals surface area contributed by atoms with Crippen LogP contribution in [0.3, 0.4) is 0 Å². The number of methoxy groups -OCH3 is 1. The van der Waals surface area contributed by atoms with Crippen molar-refractivity contribution in [3.8, 4) is 11.5 Å². The molecule has 2 aromatic rings. The zero-order chi connectivity index (χ0) is 19.2. The van der Waals surface area contributed by atoms with E-state index in [1.54, 1.807) is 24.3 Å². The van der Waals surface area contributed by atoms with Crippen molar-refractivity contribution in [2.45, 2.75) is 26.4 Å². The number of aromatic hydroxyl groups is 1. The number of carbonyl (C=O) groups is 1. The third kappa shape index (κ3) is 4.89. The molecule has 2 aromatic carbocycles. The number of benzene rings is 2. The number of hydrogen-bond acceptors (Lipinski definition) is 5. The number of anilines is 1. The first kappa shape index (κ1) is 19.6. The largest absolute Gasteiger partial charge is 0.504 e. The average molecular weight is 359 g/mol. The van der Waals surface area contributed by atoms with Crippen molar-refractivity contribution < 1.29 is 24.5 Å². The highest BCUT2D eigenvalue weighted by Crippen LogP contribution is 2.41. The molecule has 0 radical (unpaired) electrons. The van der Waals surface area contributed by atoms with Gasteiger partial charge in [0.25, 0.3) is 0 Å². The number of nitrogens with one attached hydrogen (secondary N) is 1. The van der Waals surface area contributed by atoms with Crippen molar-refractivity contribution in [1.29, 1.82) is 0 Å². The van der Waals surface area contributed by atoms with Crippen molar-refractivity contribution in [2.24, 2.45) is 5.41 Å². The number of rotatable bonds is 7. The second-order valence-corrected chi connectivity index (χ2v) is 6.67. The molecule has 0 unspecified atom stereocenters. The Bertz CT molecular complexity index is 730. The Balaban J connectivity index is 2.26. The summed E-state index contributed by atoms with van der Waals surface area (Å²) in [6.45, 7) is 3.74. The minimum atomic E-state index is -0.671. The molecule has 0 aliphatic heterocycles. The van der Waals surface area contributed by atoms with Gasteiger partial charge in [-0.3, -0.25) is 5.32 Å². The maximum absolute atomic E-state index is 12.4. The predicted octanol–water partition coefficient (Wildman–Crippen LogP) is 4.10. The molecule has 6 heteroatoms. The number of hydrogen-bond donors (Lipinski definition) is 3. The lowest BCUT2D eigenvalue weighted by Crippen LogP contribution is -2.29. The minimum Gasteiger partial charge on any atom is -0.504 e. The van der Waals surface area contributed by atoms with Gasteiger partial charge in [-0.05, 0) is 36.2 Å². The molecular weight excluding hydrogens is 334 g/mol. The van der Waals surface area contributed by atoms with Gasteiger partial charge >= 0.3 is 6.09 Å². The molecule has 0 bridgehead atoms. The normalized spacial score (nSPS) is 12.3. The Labute approximate surface area is 153 Å². The molecule has 1 amide bonds. The zero-order valence-electron chi connectivity index (χ0n) is 15.2. The first-order chi connectivity index (χ1) is 12.4. The maximum atomic E-state index is 12.4. The Kier molecular flexibility index (Phi) is 6.46. The molecule has 0 aliphatic rings. The van der Waals surface area contributed by atoms with Gasteiger partial charge in [0.1, 0.15) is 6.10 Å². The SMILES string of the molecule is COc1ccc([C@@H](OC(=O)Nc2ccccc2)C(C)(C)CCO)cc1O. The van der Waals surface area contributed by atoms with Crippen LogP contribution in [-0.4, -0.2) is 30.0 Å². The van der Waals surface area contributed by atoms with Crippen LogP contribution in [0.25, 0.3) is 0 Å². The molecule has 0 saturated heterocycles. The molecule has 0 fully saturated rings. The Morgan fingerprint density at radius 3 is 2.46 bits per heavy atom. The quantitative estimate of drug-likeness (QED) is 0.693. The topological polar surface area (TPSA) is 88.0 Å². The van der Waals surface area contributed by atoms with Crippen molar-refractivity contribution in [3.05, 3.63) is 54.1 Å². The first-order valence-electron chi connectivity index (χ1n) is 8.38. The second kappa shape index (κ2) is 8.58. The average Bonchev–Trinajstić information content (AvgIpc) is 2.60. The number of aliphatic hydroxyl groups is 1. The van der Waals surface area contributed by atoms with Gasteiger partial charge in [-0.1, -0.05) is 38.1 Å². The highest BCUT2D eigenvalue weighted by atomic mass is 16.6. The summed E-state index contributed by atoms with van der Waals surface area (Å²) in [5.74, 6) is 0.295. The summed E-state index contributed by atoms with van der Waals surface area (Å²) >= 11 is 0. The fourth-order valence-corrected chi connectivity index (χ4v) is 2.74. The van der Waals surface area contributed by atoms with E-state index >= 15 is 0 Å². The summed E-state index contributed by atoms with van der Waals surface area (Å²) in [7, 11) is 1.46. The predicted molar refractivity (Wildman–Crippen MR) is 99.4 cm³/mol. The monoisotopic (exact) mass is 359 g/mol. The lowest BCUT2D eigenvalue weighted by atomic mass is 9.80. The molecule has 26 heavy (non-hydrogen) atoms. The third-order valence-electron chi connectivity index (χ3n) is 4.22. The molecule has 6 nitrogen and oxygen atoms in total. The summed E-state index contributed by atoms with van der Waals surface area (Å²) in [6, 6.07) is 13.9. The van der Waals surface area contributed by atoms with E-state index in [9.17, 15) is 15.0 Å². The molecule has 0 saturated carbocycles. The Morgan fingerprint density at radius 1 is 1.19 bits per heavy atom. The highest BCUT2D eigenvalue weighted by Gasteiger charge is 2.34. The number of carbonyl (C=O) groups excluding carboxylic acids is 1. The number of ether oxygens (including phenoxy) is 2. The Morgan fingerprint density at radius 2 is 1.88 bits per heavy atom. The van der Waals surface area contributed by atoms with Crippen LogP contribution in [0.1, 0.15) is 31.9 Å². The Hall–Kier alpha value is -2.73. The van der Waals surface area contributed by atoms with Crippen LogP contribution in [0, 0.1) is 5.41 Å². The maximum Gasteiger partial charge on any atom is 0.412 e. The van der Waals surface area contributed by atoms with Gasteiger partial charge in [-0.2, -0.15) is 0 Å². The van der Waals surface area contributed by atoms with Crippen LogP contribution in [0.5, 0.6) is 11.5 Å².